The molecule has 1 aromatic heterocycles. The van der Waals surface area contributed by atoms with Gasteiger partial charge in [-0.2, -0.15) is 0 Å². The molecule has 2 N–H and O–H groups in total. The third kappa shape index (κ3) is 2.70. The SMILES string of the molecule is O=C(O)c1ccc(S(=O)(=O)NC2Cc3ccccc3C2)o1. The average molecular weight is 307 g/mol. The standard InChI is InChI=1S/C14H13NO5S/c16-14(17)12-5-6-13(20-12)21(18,19)15-11-7-9-3-1-2-4-10(9)8-11/h1-6,11,15H,7-8H2,(H,16,17). The monoisotopic (exact) mass is 307 g/mol. The van der Waals surface area contributed by atoms with Gasteiger partial charge in [-0.05, 0) is 36.1 Å². The van der Waals surface area contributed by atoms with Crippen LogP contribution in [0.5, 0.6) is 0 Å². The Kier molecular flexibility index (Phi) is 3.30. The van der Waals surface area contributed by atoms with Crippen LogP contribution in [0, 0.1) is 0 Å². The number of furan rings is 1. The minimum absolute atomic E-state index is 0.245. The summed E-state index contributed by atoms with van der Waals surface area (Å²) in [6.45, 7) is 0. The maximum atomic E-state index is 12.2. The fraction of sp³-hybridized carbons (Fsp3) is 0.214. The first-order valence-electron chi connectivity index (χ1n) is 6.38. The van der Waals surface area contributed by atoms with Crippen LogP contribution < -0.4 is 4.72 Å². The third-order valence-electron chi connectivity index (χ3n) is 3.43. The molecule has 2 aromatic rings. The molecule has 21 heavy (non-hydrogen) atoms. The van der Waals surface area contributed by atoms with E-state index in [0.29, 0.717) is 12.8 Å². The van der Waals surface area contributed by atoms with E-state index in [1.54, 1.807) is 0 Å². The van der Waals surface area contributed by atoms with Crippen molar-refractivity contribution in [1.82, 2.24) is 4.72 Å². The Hall–Kier alpha value is -2.12. The molecule has 6 nitrogen and oxygen atoms in total. The van der Waals surface area contributed by atoms with Crippen LogP contribution in [0.2, 0.25) is 0 Å². The van der Waals surface area contributed by atoms with Gasteiger partial charge in [0, 0.05) is 6.04 Å². The van der Waals surface area contributed by atoms with Gasteiger partial charge in [0.15, 0.2) is 0 Å². The number of fused-ring (bicyclic) bond motifs is 1. The molecule has 0 spiro atoms. The number of carboxylic acids is 1. The molecule has 0 amide bonds. The van der Waals surface area contributed by atoms with E-state index in [4.69, 9.17) is 9.52 Å². The lowest BCUT2D eigenvalue weighted by Crippen LogP contribution is -2.35. The zero-order valence-corrected chi connectivity index (χ0v) is 11.8. The summed E-state index contributed by atoms with van der Waals surface area (Å²) in [5.41, 5.74) is 2.24. The van der Waals surface area contributed by atoms with Crippen LogP contribution in [0.3, 0.4) is 0 Å². The Labute approximate surface area is 121 Å². The fourth-order valence-electron chi connectivity index (χ4n) is 2.50. The maximum absolute atomic E-state index is 12.2. The van der Waals surface area contributed by atoms with E-state index >= 15 is 0 Å². The van der Waals surface area contributed by atoms with E-state index in [2.05, 4.69) is 4.72 Å². The summed E-state index contributed by atoms with van der Waals surface area (Å²) < 4.78 is 31.8. The van der Waals surface area contributed by atoms with E-state index in [1.165, 1.54) is 0 Å². The molecule has 7 heteroatoms. The number of carbonyl (C=O) groups is 1. The summed E-state index contributed by atoms with van der Waals surface area (Å²) in [7, 11) is -3.85. The van der Waals surface area contributed by atoms with Crippen LogP contribution in [-0.4, -0.2) is 25.5 Å². The molecule has 0 saturated carbocycles. The number of hydrogen-bond acceptors (Lipinski definition) is 4. The highest BCUT2D eigenvalue weighted by Crippen LogP contribution is 2.23. The number of sulfonamides is 1. The van der Waals surface area contributed by atoms with Crippen molar-refractivity contribution < 1.29 is 22.7 Å². The summed E-state index contributed by atoms with van der Waals surface area (Å²) in [6.07, 6.45) is 1.23. The van der Waals surface area contributed by atoms with Crippen molar-refractivity contribution in [3.8, 4) is 0 Å². The highest BCUT2D eigenvalue weighted by molar-refractivity contribution is 7.89. The lowest BCUT2D eigenvalue weighted by molar-refractivity contribution is 0.0656. The lowest BCUT2D eigenvalue weighted by atomic mass is 10.1. The van der Waals surface area contributed by atoms with Crippen LogP contribution >= 0.6 is 0 Å². The first-order valence-corrected chi connectivity index (χ1v) is 7.86. The zero-order chi connectivity index (χ0) is 15.0. The Bertz CT molecular complexity index is 768. The van der Waals surface area contributed by atoms with Crippen molar-refractivity contribution in [3.63, 3.8) is 0 Å². The molecule has 0 fully saturated rings. The van der Waals surface area contributed by atoms with Gasteiger partial charge in [0.05, 0.1) is 0 Å². The molecule has 0 atom stereocenters. The molecule has 1 aliphatic carbocycles. The van der Waals surface area contributed by atoms with Crippen molar-refractivity contribution in [2.75, 3.05) is 0 Å². The summed E-state index contributed by atoms with van der Waals surface area (Å²) in [5.74, 6) is -1.70. The predicted octanol–water partition coefficient (Wildman–Crippen LogP) is 1.42. The molecule has 1 heterocycles. The number of hydrogen-bond donors (Lipinski definition) is 2. The molecule has 0 unspecified atom stereocenters. The van der Waals surface area contributed by atoms with Gasteiger partial charge in [-0.3, -0.25) is 0 Å². The lowest BCUT2D eigenvalue weighted by Gasteiger charge is -2.10. The van der Waals surface area contributed by atoms with Crippen molar-refractivity contribution in [2.24, 2.45) is 0 Å². The molecule has 0 saturated heterocycles. The Morgan fingerprint density at radius 3 is 2.29 bits per heavy atom. The van der Waals surface area contributed by atoms with Crippen LogP contribution in [0.25, 0.3) is 0 Å². The van der Waals surface area contributed by atoms with E-state index in [1.807, 2.05) is 24.3 Å². The Morgan fingerprint density at radius 1 is 1.14 bits per heavy atom. The minimum atomic E-state index is -3.85. The van der Waals surface area contributed by atoms with Gasteiger partial charge in [-0.15, -0.1) is 0 Å². The second kappa shape index (κ2) is 5.01. The normalized spacial score (nSPS) is 15.0. The highest BCUT2D eigenvalue weighted by Gasteiger charge is 2.28. The second-order valence-corrected chi connectivity index (χ2v) is 6.56. The first-order chi connectivity index (χ1) is 9.95. The predicted molar refractivity (Wildman–Crippen MR) is 73.6 cm³/mol. The molecular weight excluding hydrogens is 294 g/mol. The van der Waals surface area contributed by atoms with Crippen molar-refractivity contribution in [3.05, 3.63) is 53.3 Å². The Morgan fingerprint density at radius 2 is 1.76 bits per heavy atom. The molecular formula is C14H13NO5S. The van der Waals surface area contributed by atoms with Gasteiger partial charge in [0.1, 0.15) is 0 Å². The number of benzene rings is 1. The highest BCUT2D eigenvalue weighted by atomic mass is 32.2. The summed E-state index contributed by atoms with van der Waals surface area (Å²) in [4.78, 5) is 10.7. The second-order valence-electron chi connectivity index (χ2n) is 4.92. The number of nitrogens with one attached hydrogen (secondary N) is 1. The number of rotatable bonds is 4. The van der Waals surface area contributed by atoms with Gasteiger partial charge in [-0.1, -0.05) is 24.3 Å². The average Bonchev–Trinajstić information content (AvgIpc) is 3.04. The molecule has 1 aromatic carbocycles. The Balaban J connectivity index is 1.77. The molecule has 110 valence electrons. The van der Waals surface area contributed by atoms with Crippen molar-refractivity contribution >= 4 is 16.0 Å². The molecule has 1 aliphatic rings. The summed E-state index contributed by atoms with van der Waals surface area (Å²) >= 11 is 0. The van der Waals surface area contributed by atoms with E-state index < -0.39 is 21.8 Å². The molecule has 3 rings (SSSR count). The van der Waals surface area contributed by atoms with Crippen LogP contribution in [-0.2, 0) is 22.9 Å². The van der Waals surface area contributed by atoms with Crippen LogP contribution in [0.1, 0.15) is 21.7 Å². The van der Waals surface area contributed by atoms with E-state index in [-0.39, 0.29) is 11.1 Å². The minimum Gasteiger partial charge on any atom is -0.475 e. The van der Waals surface area contributed by atoms with E-state index in [9.17, 15) is 13.2 Å². The van der Waals surface area contributed by atoms with Gasteiger partial charge in [0.25, 0.3) is 10.0 Å². The van der Waals surface area contributed by atoms with Gasteiger partial charge in [-0.25, -0.2) is 17.9 Å². The van der Waals surface area contributed by atoms with E-state index in [0.717, 1.165) is 23.3 Å². The zero-order valence-electron chi connectivity index (χ0n) is 10.9. The maximum Gasteiger partial charge on any atom is 0.371 e. The van der Waals surface area contributed by atoms with Crippen LogP contribution in [0.15, 0.2) is 45.9 Å². The third-order valence-corrected chi connectivity index (χ3v) is 4.82. The van der Waals surface area contributed by atoms with Crippen molar-refractivity contribution in [1.29, 1.82) is 0 Å². The summed E-state index contributed by atoms with van der Waals surface area (Å²) in [6, 6.07) is 9.81. The largest absolute Gasteiger partial charge is 0.475 e. The van der Waals surface area contributed by atoms with Crippen molar-refractivity contribution in [2.45, 2.75) is 24.0 Å². The quantitative estimate of drug-likeness (QED) is 0.890. The summed E-state index contributed by atoms with van der Waals surface area (Å²) in [5, 5.41) is 8.38. The number of aromatic carboxylic acids is 1. The van der Waals surface area contributed by atoms with Gasteiger partial charge < -0.3 is 9.52 Å². The van der Waals surface area contributed by atoms with Gasteiger partial charge >= 0.3 is 5.97 Å². The molecule has 0 aliphatic heterocycles. The molecule has 0 radical (unpaired) electrons. The smallest absolute Gasteiger partial charge is 0.371 e. The molecule has 0 bridgehead atoms. The first kappa shape index (κ1) is 13.8. The fourth-order valence-corrected chi connectivity index (χ4v) is 3.67. The van der Waals surface area contributed by atoms with Gasteiger partial charge in [0.2, 0.25) is 10.9 Å². The topological polar surface area (TPSA) is 96.6 Å². The number of carboxylic acid groups (broad SMARTS) is 1. The van der Waals surface area contributed by atoms with Crippen LogP contribution in [0.4, 0.5) is 0 Å².